The van der Waals surface area contributed by atoms with E-state index in [0.717, 1.165) is 28.6 Å². The van der Waals surface area contributed by atoms with Crippen LogP contribution < -0.4 is 9.50 Å². The van der Waals surface area contributed by atoms with Gasteiger partial charge in [0.15, 0.2) is 0 Å². The Morgan fingerprint density at radius 3 is 2.13 bits per heavy atom. The standard InChI is InChI=1S/C23H24N2O4S/c1-18-7-6-10-21(15-18)24-23(26)25(16-19-8-4-3-5-9-19)17-20-11-13-22(14-12-20)29-30(2,27)28/h3-15H,16-17H2,1-2H3,(H,24,26). The van der Waals surface area contributed by atoms with Crippen molar-refractivity contribution in [2.75, 3.05) is 11.6 Å². The van der Waals surface area contributed by atoms with Gasteiger partial charge in [-0.15, -0.1) is 0 Å². The molecular formula is C23H24N2O4S. The van der Waals surface area contributed by atoms with Gasteiger partial charge in [-0.05, 0) is 47.9 Å². The lowest BCUT2D eigenvalue weighted by atomic mass is 10.1. The lowest BCUT2D eigenvalue weighted by Crippen LogP contribution is -2.34. The van der Waals surface area contributed by atoms with Crippen molar-refractivity contribution in [2.24, 2.45) is 0 Å². The first-order chi connectivity index (χ1) is 14.3. The molecule has 0 aromatic heterocycles. The van der Waals surface area contributed by atoms with Crippen molar-refractivity contribution in [3.05, 3.63) is 95.6 Å². The number of nitrogens with zero attached hydrogens (tertiary/aromatic N) is 1. The molecule has 30 heavy (non-hydrogen) atoms. The molecule has 0 saturated heterocycles. The van der Waals surface area contributed by atoms with E-state index in [4.69, 9.17) is 4.18 Å². The van der Waals surface area contributed by atoms with Gasteiger partial charge in [-0.25, -0.2) is 4.79 Å². The molecule has 3 aromatic carbocycles. The van der Waals surface area contributed by atoms with Crippen LogP contribution in [0, 0.1) is 6.92 Å². The number of hydrogen-bond donors (Lipinski definition) is 1. The van der Waals surface area contributed by atoms with Crippen molar-refractivity contribution in [1.29, 1.82) is 0 Å². The first-order valence-electron chi connectivity index (χ1n) is 9.43. The number of anilines is 1. The first kappa shape index (κ1) is 21.4. The van der Waals surface area contributed by atoms with Crippen LogP contribution in [0.15, 0.2) is 78.9 Å². The molecule has 2 amide bonds. The fourth-order valence-electron chi connectivity index (χ4n) is 2.97. The molecule has 0 spiro atoms. The Bertz CT molecular complexity index is 1100. The number of nitrogens with one attached hydrogen (secondary N) is 1. The summed E-state index contributed by atoms with van der Waals surface area (Å²) in [6.45, 7) is 2.75. The van der Waals surface area contributed by atoms with Gasteiger partial charge in [0.2, 0.25) is 0 Å². The van der Waals surface area contributed by atoms with E-state index in [2.05, 4.69) is 5.32 Å². The number of hydrogen-bond acceptors (Lipinski definition) is 4. The zero-order valence-electron chi connectivity index (χ0n) is 16.9. The van der Waals surface area contributed by atoms with E-state index in [1.54, 1.807) is 29.2 Å². The van der Waals surface area contributed by atoms with Crippen molar-refractivity contribution in [3.63, 3.8) is 0 Å². The van der Waals surface area contributed by atoms with Gasteiger partial charge in [-0.1, -0.05) is 54.6 Å². The molecule has 156 valence electrons. The van der Waals surface area contributed by atoms with Gasteiger partial charge >= 0.3 is 16.1 Å². The van der Waals surface area contributed by atoms with Crippen molar-refractivity contribution < 1.29 is 17.4 Å². The van der Waals surface area contributed by atoms with Crippen LogP contribution in [0.2, 0.25) is 0 Å². The highest BCUT2D eigenvalue weighted by Crippen LogP contribution is 2.18. The van der Waals surface area contributed by atoms with Gasteiger partial charge in [-0.2, -0.15) is 8.42 Å². The number of carbonyl (C=O) groups is 1. The SMILES string of the molecule is Cc1cccc(NC(=O)N(Cc2ccccc2)Cc2ccc(OS(C)(=O)=O)cc2)c1. The molecule has 3 aromatic rings. The second-order valence-corrected chi connectivity index (χ2v) is 8.65. The highest BCUT2D eigenvalue weighted by atomic mass is 32.2. The van der Waals surface area contributed by atoms with Crippen molar-refractivity contribution in [1.82, 2.24) is 4.90 Å². The highest BCUT2D eigenvalue weighted by molar-refractivity contribution is 7.86. The highest BCUT2D eigenvalue weighted by Gasteiger charge is 2.15. The van der Waals surface area contributed by atoms with Crippen molar-refractivity contribution >= 4 is 21.8 Å². The van der Waals surface area contributed by atoms with Crippen LogP contribution in [0.4, 0.5) is 10.5 Å². The number of aryl methyl sites for hydroxylation is 1. The number of benzene rings is 3. The summed E-state index contributed by atoms with van der Waals surface area (Å²) in [4.78, 5) is 14.7. The van der Waals surface area contributed by atoms with Crippen molar-refractivity contribution in [3.8, 4) is 5.75 Å². The Hall–Kier alpha value is -3.32. The number of rotatable bonds is 7. The molecule has 0 radical (unpaired) electrons. The van der Waals surface area contributed by atoms with E-state index in [1.165, 1.54) is 0 Å². The van der Waals surface area contributed by atoms with Gasteiger partial charge in [0, 0.05) is 18.8 Å². The molecule has 0 heterocycles. The quantitative estimate of drug-likeness (QED) is 0.564. The summed E-state index contributed by atoms with van der Waals surface area (Å²) in [5.74, 6) is 0.236. The average molecular weight is 425 g/mol. The molecule has 0 fully saturated rings. The van der Waals surface area contributed by atoms with Gasteiger partial charge < -0.3 is 14.4 Å². The van der Waals surface area contributed by atoms with E-state index in [1.807, 2.05) is 61.5 Å². The van der Waals surface area contributed by atoms with Gasteiger partial charge in [0.25, 0.3) is 0 Å². The Kier molecular flexibility index (Phi) is 6.74. The molecule has 0 unspecified atom stereocenters. The first-order valence-corrected chi connectivity index (χ1v) is 11.2. The normalized spacial score (nSPS) is 11.0. The second-order valence-electron chi connectivity index (χ2n) is 7.07. The summed E-state index contributed by atoms with van der Waals surface area (Å²) in [7, 11) is -3.58. The zero-order chi connectivity index (χ0) is 21.6. The lowest BCUT2D eigenvalue weighted by Gasteiger charge is -2.24. The van der Waals surface area contributed by atoms with E-state index in [9.17, 15) is 13.2 Å². The van der Waals surface area contributed by atoms with Crippen LogP contribution >= 0.6 is 0 Å². The minimum Gasteiger partial charge on any atom is -0.383 e. The third-order valence-electron chi connectivity index (χ3n) is 4.32. The minimum atomic E-state index is -3.58. The van der Waals surface area contributed by atoms with E-state index in [0.29, 0.717) is 13.1 Å². The van der Waals surface area contributed by atoms with E-state index >= 15 is 0 Å². The maximum Gasteiger partial charge on any atom is 0.322 e. The summed E-state index contributed by atoms with van der Waals surface area (Å²) in [5.41, 5.74) is 3.65. The lowest BCUT2D eigenvalue weighted by molar-refractivity contribution is 0.206. The Balaban J connectivity index is 1.77. The molecule has 0 aliphatic heterocycles. The monoisotopic (exact) mass is 424 g/mol. The van der Waals surface area contributed by atoms with Gasteiger partial charge in [0.1, 0.15) is 5.75 Å². The van der Waals surface area contributed by atoms with Crippen LogP contribution in [0.25, 0.3) is 0 Å². The predicted molar refractivity (Wildman–Crippen MR) is 118 cm³/mol. The number of urea groups is 1. The summed E-state index contributed by atoms with van der Waals surface area (Å²) in [5, 5.41) is 2.95. The summed E-state index contributed by atoms with van der Waals surface area (Å²) < 4.78 is 27.4. The maximum absolute atomic E-state index is 13.0. The smallest absolute Gasteiger partial charge is 0.322 e. The van der Waals surface area contributed by atoms with Crippen LogP contribution in [0.3, 0.4) is 0 Å². The van der Waals surface area contributed by atoms with Crippen LogP contribution in [0.5, 0.6) is 5.75 Å². The molecule has 6 nitrogen and oxygen atoms in total. The van der Waals surface area contributed by atoms with Crippen molar-refractivity contribution in [2.45, 2.75) is 20.0 Å². The fraction of sp³-hybridized carbons (Fsp3) is 0.174. The molecule has 0 saturated carbocycles. The van der Waals surface area contributed by atoms with Crippen LogP contribution in [0.1, 0.15) is 16.7 Å². The Morgan fingerprint density at radius 1 is 0.900 bits per heavy atom. The summed E-state index contributed by atoms with van der Waals surface area (Å²) in [6, 6.07) is 23.8. The molecule has 7 heteroatoms. The summed E-state index contributed by atoms with van der Waals surface area (Å²) in [6.07, 6.45) is 0.998. The predicted octanol–water partition coefficient (Wildman–Crippen LogP) is 4.57. The van der Waals surface area contributed by atoms with Crippen LogP contribution in [-0.2, 0) is 23.2 Å². The molecule has 0 aliphatic carbocycles. The minimum absolute atomic E-state index is 0.221. The topological polar surface area (TPSA) is 75.7 Å². The third kappa shape index (κ3) is 6.63. The van der Waals surface area contributed by atoms with Gasteiger partial charge in [0.05, 0.1) is 6.26 Å². The molecule has 3 rings (SSSR count). The van der Waals surface area contributed by atoms with Gasteiger partial charge in [-0.3, -0.25) is 0 Å². The summed E-state index contributed by atoms with van der Waals surface area (Å²) >= 11 is 0. The fourth-order valence-corrected chi connectivity index (χ4v) is 3.43. The molecule has 1 N–H and O–H groups in total. The zero-order valence-corrected chi connectivity index (χ0v) is 17.7. The molecule has 0 bridgehead atoms. The Morgan fingerprint density at radius 2 is 1.53 bits per heavy atom. The third-order valence-corrected chi connectivity index (χ3v) is 4.81. The maximum atomic E-state index is 13.0. The average Bonchev–Trinajstić information content (AvgIpc) is 2.68. The molecule has 0 atom stereocenters. The Labute approximate surface area is 177 Å². The second kappa shape index (κ2) is 9.45. The number of carbonyl (C=O) groups excluding carboxylic acids is 1. The van der Waals surface area contributed by atoms with Crippen LogP contribution in [-0.4, -0.2) is 25.6 Å². The number of amides is 2. The molecule has 0 aliphatic rings. The largest absolute Gasteiger partial charge is 0.383 e. The van der Waals surface area contributed by atoms with E-state index in [-0.39, 0.29) is 11.8 Å². The molecular weight excluding hydrogens is 400 g/mol. The van der Waals surface area contributed by atoms with E-state index < -0.39 is 10.1 Å².